The normalized spacial score (nSPS) is 10.2. The highest BCUT2D eigenvalue weighted by molar-refractivity contribution is 14.1. The Kier molecular flexibility index (Phi) is 4.85. The molecule has 20 heavy (non-hydrogen) atoms. The molecular weight excluding hydrogens is 391 g/mol. The Morgan fingerprint density at radius 1 is 1.20 bits per heavy atom. The van der Waals surface area contributed by atoms with Gasteiger partial charge in [-0.25, -0.2) is 5.48 Å². The molecule has 1 amide bonds. The van der Waals surface area contributed by atoms with E-state index in [0.717, 1.165) is 9.13 Å². The molecule has 0 aliphatic rings. The first-order valence-electron chi connectivity index (χ1n) is 5.78. The number of hydroxylamine groups is 1. The molecule has 0 saturated heterocycles. The molecule has 0 atom stereocenters. The number of rotatable bonds is 3. The summed E-state index contributed by atoms with van der Waals surface area (Å²) in [5.41, 5.74) is 4.25. The first-order valence-corrected chi connectivity index (χ1v) is 7.24. The summed E-state index contributed by atoms with van der Waals surface area (Å²) in [5, 5.41) is 12.5. The van der Waals surface area contributed by atoms with Crippen molar-refractivity contribution in [3.8, 4) is 0 Å². The van der Waals surface area contributed by atoms with Crippen LogP contribution >= 0.6 is 34.2 Å². The van der Waals surface area contributed by atoms with Crippen molar-refractivity contribution in [2.45, 2.75) is 6.92 Å². The second-order valence-electron chi connectivity index (χ2n) is 4.24. The Hall–Kier alpha value is -1.31. The number of anilines is 2. The predicted octanol–water partition coefficient (Wildman–Crippen LogP) is 4.12. The monoisotopic (exact) mass is 402 g/mol. The van der Waals surface area contributed by atoms with Gasteiger partial charge in [-0.15, -0.1) is 0 Å². The lowest BCUT2D eigenvalue weighted by Crippen LogP contribution is -2.19. The average molecular weight is 403 g/mol. The zero-order chi connectivity index (χ0) is 14.7. The van der Waals surface area contributed by atoms with Crippen LogP contribution in [0.25, 0.3) is 0 Å². The topological polar surface area (TPSA) is 61.4 Å². The molecule has 0 fully saturated rings. The second kappa shape index (κ2) is 6.43. The fourth-order valence-electron chi connectivity index (χ4n) is 1.76. The SMILES string of the molecule is Cc1ccc(C(=O)NO)c(Nc2ccc(I)cc2Cl)c1. The predicted molar refractivity (Wildman–Crippen MR) is 87.9 cm³/mol. The van der Waals surface area contributed by atoms with E-state index in [0.29, 0.717) is 22.0 Å². The van der Waals surface area contributed by atoms with Gasteiger partial charge in [0.25, 0.3) is 5.91 Å². The van der Waals surface area contributed by atoms with E-state index < -0.39 is 5.91 Å². The van der Waals surface area contributed by atoms with Crippen LogP contribution in [0.2, 0.25) is 5.02 Å². The van der Waals surface area contributed by atoms with Gasteiger partial charge in [-0.05, 0) is 65.4 Å². The van der Waals surface area contributed by atoms with E-state index in [-0.39, 0.29) is 0 Å². The lowest BCUT2D eigenvalue weighted by atomic mass is 10.1. The first-order chi connectivity index (χ1) is 9.51. The first kappa shape index (κ1) is 15.1. The highest BCUT2D eigenvalue weighted by Gasteiger charge is 2.12. The molecule has 0 spiro atoms. The van der Waals surface area contributed by atoms with Crippen LogP contribution in [0.5, 0.6) is 0 Å². The van der Waals surface area contributed by atoms with Crippen molar-refractivity contribution in [1.29, 1.82) is 0 Å². The van der Waals surface area contributed by atoms with Gasteiger partial charge >= 0.3 is 0 Å². The number of halogens is 2. The van der Waals surface area contributed by atoms with Crippen molar-refractivity contribution in [3.63, 3.8) is 0 Å². The van der Waals surface area contributed by atoms with Crippen LogP contribution < -0.4 is 10.8 Å². The molecule has 2 aromatic carbocycles. The number of amides is 1. The molecule has 0 aliphatic carbocycles. The van der Waals surface area contributed by atoms with Gasteiger partial charge < -0.3 is 5.32 Å². The van der Waals surface area contributed by atoms with Crippen molar-refractivity contribution in [2.75, 3.05) is 5.32 Å². The smallest absolute Gasteiger partial charge is 0.276 e. The van der Waals surface area contributed by atoms with Crippen LogP contribution in [0.1, 0.15) is 15.9 Å². The van der Waals surface area contributed by atoms with Crippen molar-refractivity contribution in [2.24, 2.45) is 0 Å². The van der Waals surface area contributed by atoms with Gasteiger partial charge in [0, 0.05) is 3.57 Å². The minimum atomic E-state index is -0.575. The Balaban J connectivity index is 2.41. The summed E-state index contributed by atoms with van der Waals surface area (Å²) < 4.78 is 1.02. The average Bonchev–Trinajstić information content (AvgIpc) is 2.41. The highest BCUT2D eigenvalue weighted by Crippen LogP contribution is 2.29. The number of hydrogen-bond donors (Lipinski definition) is 3. The van der Waals surface area contributed by atoms with Gasteiger partial charge in [-0.2, -0.15) is 0 Å². The molecule has 3 N–H and O–H groups in total. The Morgan fingerprint density at radius 3 is 2.60 bits per heavy atom. The van der Waals surface area contributed by atoms with E-state index in [1.165, 1.54) is 0 Å². The standard InChI is InChI=1S/C14H12ClIN2O2/c1-8-2-4-10(14(19)18-20)13(6-8)17-12-5-3-9(16)7-11(12)15/h2-7,17,20H,1H3,(H,18,19). The van der Waals surface area contributed by atoms with Gasteiger partial charge in [0.15, 0.2) is 0 Å². The number of hydrogen-bond acceptors (Lipinski definition) is 3. The second-order valence-corrected chi connectivity index (χ2v) is 5.89. The molecule has 0 aliphatic heterocycles. The molecule has 0 bridgehead atoms. The third kappa shape index (κ3) is 3.41. The summed E-state index contributed by atoms with van der Waals surface area (Å²) in [5.74, 6) is -0.575. The van der Waals surface area contributed by atoms with Crippen molar-refractivity contribution < 1.29 is 10.0 Å². The van der Waals surface area contributed by atoms with E-state index in [1.807, 2.05) is 31.2 Å². The lowest BCUT2D eigenvalue weighted by molar-refractivity contribution is 0.0707. The summed E-state index contributed by atoms with van der Waals surface area (Å²) in [6, 6.07) is 10.8. The maximum atomic E-state index is 11.6. The number of carbonyl (C=O) groups is 1. The van der Waals surface area contributed by atoms with Crippen LogP contribution in [0.3, 0.4) is 0 Å². The number of carbonyl (C=O) groups excluding carboxylic acids is 1. The Bertz CT molecular complexity index is 662. The number of aryl methyl sites for hydroxylation is 1. The summed E-state index contributed by atoms with van der Waals surface area (Å²) >= 11 is 8.34. The Labute approximate surface area is 135 Å². The maximum absolute atomic E-state index is 11.6. The van der Waals surface area contributed by atoms with Crippen LogP contribution in [-0.2, 0) is 0 Å². The zero-order valence-corrected chi connectivity index (χ0v) is 13.5. The lowest BCUT2D eigenvalue weighted by Gasteiger charge is -2.13. The minimum absolute atomic E-state index is 0.340. The van der Waals surface area contributed by atoms with E-state index in [1.54, 1.807) is 17.6 Å². The highest BCUT2D eigenvalue weighted by atomic mass is 127. The van der Waals surface area contributed by atoms with Crippen LogP contribution in [0.4, 0.5) is 11.4 Å². The Morgan fingerprint density at radius 2 is 1.95 bits per heavy atom. The zero-order valence-electron chi connectivity index (χ0n) is 10.6. The third-order valence-corrected chi connectivity index (χ3v) is 3.71. The molecule has 0 aromatic heterocycles. The minimum Gasteiger partial charge on any atom is -0.354 e. The summed E-state index contributed by atoms with van der Waals surface area (Å²) in [7, 11) is 0. The van der Waals surface area contributed by atoms with Gasteiger partial charge in [-0.1, -0.05) is 17.7 Å². The molecule has 0 radical (unpaired) electrons. The molecule has 6 heteroatoms. The molecular formula is C14H12ClIN2O2. The van der Waals surface area contributed by atoms with Crippen LogP contribution in [-0.4, -0.2) is 11.1 Å². The molecule has 2 aromatic rings. The summed E-state index contributed by atoms with van der Waals surface area (Å²) in [6.45, 7) is 1.92. The molecule has 2 rings (SSSR count). The fourth-order valence-corrected chi connectivity index (χ4v) is 2.66. The fraction of sp³-hybridized carbons (Fsp3) is 0.0714. The van der Waals surface area contributed by atoms with Crippen molar-refractivity contribution >= 4 is 51.5 Å². The van der Waals surface area contributed by atoms with E-state index in [2.05, 4.69) is 27.9 Å². The van der Waals surface area contributed by atoms with E-state index >= 15 is 0 Å². The van der Waals surface area contributed by atoms with E-state index in [4.69, 9.17) is 16.8 Å². The quantitative estimate of drug-likeness (QED) is 0.411. The van der Waals surface area contributed by atoms with Gasteiger partial charge in [0.1, 0.15) is 0 Å². The van der Waals surface area contributed by atoms with Gasteiger partial charge in [0.05, 0.1) is 22.0 Å². The maximum Gasteiger partial charge on any atom is 0.276 e. The van der Waals surface area contributed by atoms with Crippen molar-refractivity contribution in [1.82, 2.24) is 5.48 Å². The molecule has 0 heterocycles. The third-order valence-electron chi connectivity index (χ3n) is 2.72. The number of benzene rings is 2. The summed E-state index contributed by atoms with van der Waals surface area (Å²) in [4.78, 5) is 11.6. The van der Waals surface area contributed by atoms with E-state index in [9.17, 15) is 4.79 Å². The largest absolute Gasteiger partial charge is 0.354 e. The van der Waals surface area contributed by atoms with Gasteiger partial charge in [0.2, 0.25) is 0 Å². The molecule has 0 saturated carbocycles. The van der Waals surface area contributed by atoms with Crippen LogP contribution in [0, 0.1) is 10.5 Å². The molecule has 0 unspecified atom stereocenters. The molecule has 4 nitrogen and oxygen atoms in total. The number of nitrogens with one attached hydrogen (secondary N) is 2. The van der Waals surface area contributed by atoms with Gasteiger partial charge in [-0.3, -0.25) is 10.0 Å². The van der Waals surface area contributed by atoms with Crippen molar-refractivity contribution in [3.05, 3.63) is 56.1 Å². The van der Waals surface area contributed by atoms with Crippen LogP contribution in [0.15, 0.2) is 36.4 Å². The molecule has 104 valence electrons. The summed E-state index contributed by atoms with van der Waals surface area (Å²) in [6.07, 6.45) is 0.